The molecular formula is C21H22ClN5O. The van der Waals surface area contributed by atoms with Gasteiger partial charge in [-0.05, 0) is 25.7 Å². The highest BCUT2D eigenvalue weighted by Gasteiger charge is 2.44. The second-order valence-corrected chi connectivity index (χ2v) is 8.05. The average Bonchev–Trinajstić information content (AvgIpc) is 3.20. The van der Waals surface area contributed by atoms with E-state index in [-0.39, 0.29) is 18.0 Å². The first kappa shape index (κ1) is 17.5. The van der Waals surface area contributed by atoms with Crippen LogP contribution in [0.2, 0.25) is 5.15 Å². The zero-order valence-electron chi connectivity index (χ0n) is 16.0. The summed E-state index contributed by atoms with van der Waals surface area (Å²) in [6.45, 7) is 0. The van der Waals surface area contributed by atoms with Crippen LogP contribution < -0.4 is 0 Å². The zero-order valence-corrected chi connectivity index (χ0v) is 16.7. The highest BCUT2D eigenvalue weighted by molar-refractivity contribution is 6.32. The molecule has 2 aromatic heterocycles. The number of fused-ring (bicyclic) bond motifs is 4. The fourth-order valence-corrected chi connectivity index (χ4v) is 4.98. The van der Waals surface area contributed by atoms with Crippen LogP contribution in [0.1, 0.15) is 46.9 Å². The number of amides is 1. The number of piperidine rings is 1. The van der Waals surface area contributed by atoms with Gasteiger partial charge in [0.1, 0.15) is 5.15 Å². The smallest absolute Gasteiger partial charge is 0.259 e. The predicted octanol–water partition coefficient (Wildman–Crippen LogP) is 3.77. The maximum Gasteiger partial charge on any atom is 0.259 e. The fourth-order valence-electron chi connectivity index (χ4n) is 4.81. The van der Waals surface area contributed by atoms with Crippen LogP contribution >= 0.6 is 11.6 Å². The Kier molecular flexibility index (Phi) is 4.05. The van der Waals surface area contributed by atoms with Crippen molar-refractivity contribution in [3.63, 3.8) is 0 Å². The lowest BCUT2D eigenvalue weighted by atomic mass is 9.81. The number of aromatic nitrogens is 4. The number of nitrogens with zero attached hydrogens (tertiary/aromatic N) is 5. The first-order valence-electron chi connectivity index (χ1n) is 9.67. The van der Waals surface area contributed by atoms with Crippen LogP contribution in [-0.2, 0) is 20.5 Å². The van der Waals surface area contributed by atoms with Crippen molar-refractivity contribution in [1.82, 2.24) is 24.5 Å². The zero-order chi connectivity index (χ0) is 19.4. The Balaban J connectivity index is 1.60. The molecule has 1 amide bonds. The van der Waals surface area contributed by atoms with Gasteiger partial charge in [0.15, 0.2) is 0 Å². The van der Waals surface area contributed by atoms with Crippen LogP contribution in [0, 0.1) is 0 Å². The molecule has 2 atom stereocenters. The van der Waals surface area contributed by atoms with E-state index in [9.17, 15) is 4.79 Å². The number of carbonyl (C=O) groups excluding carboxylic acids is 1. The van der Waals surface area contributed by atoms with Crippen molar-refractivity contribution in [2.75, 3.05) is 0 Å². The summed E-state index contributed by atoms with van der Waals surface area (Å²) in [6, 6.07) is 10.5. The Bertz CT molecular complexity index is 1050. The van der Waals surface area contributed by atoms with Gasteiger partial charge in [0.2, 0.25) is 0 Å². The molecule has 3 aromatic rings. The van der Waals surface area contributed by atoms with E-state index < -0.39 is 0 Å². The van der Waals surface area contributed by atoms with E-state index in [0.29, 0.717) is 10.7 Å². The summed E-state index contributed by atoms with van der Waals surface area (Å²) in [5.74, 6) is -0.0367. The molecule has 5 rings (SSSR count). The lowest BCUT2D eigenvalue weighted by Crippen LogP contribution is -2.49. The Hall–Kier alpha value is -2.60. The Morgan fingerprint density at radius 3 is 2.64 bits per heavy atom. The van der Waals surface area contributed by atoms with Gasteiger partial charge in [0.25, 0.3) is 5.91 Å². The Morgan fingerprint density at radius 1 is 1.14 bits per heavy atom. The molecule has 2 aliphatic heterocycles. The molecule has 0 unspecified atom stereocenters. The molecule has 4 heterocycles. The molecular weight excluding hydrogens is 374 g/mol. The maximum atomic E-state index is 13.4. The highest BCUT2D eigenvalue weighted by atomic mass is 35.5. The van der Waals surface area contributed by atoms with Gasteiger partial charge in [0, 0.05) is 31.3 Å². The number of hydrogen-bond acceptors (Lipinski definition) is 3. The molecule has 0 aliphatic carbocycles. The van der Waals surface area contributed by atoms with E-state index in [1.165, 1.54) is 21.5 Å². The molecule has 7 heteroatoms. The summed E-state index contributed by atoms with van der Waals surface area (Å²) < 4.78 is 3.51. The topological polar surface area (TPSA) is 56.0 Å². The molecule has 6 nitrogen and oxygen atoms in total. The van der Waals surface area contributed by atoms with Gasteiger partial charge in [-0.25, -0.2) is 0 Å². The molecule has 0 saturated carbocycles. The van der Waals surface area contributed by atoms with Crippen molar-refractivity contribution in [2.45, 2.75) is 37.8 Å². The van der Waals surface area contributed by atoms with E-state index in [4.69, 9.17) is 16.7 Å². The highest BCUT2D eigenvalue weighted by Crippen LogP contribution is 2.45. The summed E-state index contributed by atoms with van der Waals surface area (Å²) in [5.41, 5.74) is 5.13. The van der Waals surface area contributed by atoms with Crippen molar-refractivity contribution >= 4 is 17.5 Å². The minimum Gasteiger partial charge on any atom is -0.326 e. The largest absolute Gasteiger partial charge is 0.326 e. The third-order valence-corrected chi connectivity index (χ3v) is 6.50. The normalized spacial score (nSPS) is 20.9. The van der Waals surface area contributed by atoms with Crippen molar-refractivity contribution < 1.29 is 4.79 Å². The van der Waals surface area contributed by atoms with Crippen LogP contribution in [-0.4, -0.2) is 36.4 Å². The van der Waals surface area contributed by atoms with Gasteiger partial charge in [-0.1, -0.05) is 41.9 Å². The molecule has 2 aliphatic rings. The predicted molar refractivity (Wildman–Crippen MR) is 107 cm³/mol. The molecule has 28 heavy (non-hydrogen) atoms. The first-order chi connectivity index (χ1) is 13.6. The second-order valence-electron chi connectivity index (χ2n) is 7.69. The van der Waals surface area contributed by atoms with E-state index >= 15 is 0 Å². The van der Waals surface area contributed by atoms with Crippen molar-refractivity contribution in [2.24, 2.45) is 14.1 Å². The summed E-state index contributed by atoms with van der Waals surface area (Å²) in [7, 11) is 3.74. The molecule has 2 bridgehead atoms. The third-order valence-electron chi connectivity index (χ3n) is 6.05. The molecule has 0 N–H and O–H groups in total. The fraction of sp³-hybridized carbons (Fsp3) is 0.381. The quantitative estimate of drug-likeness (QED) is 0.663. The van der Waals surface area contributed by atoms with E-state index in [2.05, 4.69) is 29.4 Å². The van der Waals surface area contributed by atoms with Crippen LogP contribution in [0.4, 0.5) is 0 Å². The second kappa shape index (κ2) is 6.48. The van der Waals surface area contributed by atoms with Gasteiger partial charge in [-0.3, -0.25) is 14.2 Å². The van der Waals surface area contributed by atoms with Crippen LogP contribution in [0.3, 0.4) is 0 Å². The summed E-state index contributed by atoms with van der Waals surface area (Å²) in [4.78, 5) is 15.4. The average molecular weight is 396 g/mol. The maximum absolute atomic E-state index is 13.4. The van der Waals surface area contributed by atoms with Crippen LogP contribution in [0.25, 0.3) is 11.3 Å². The summed E-state index contributed by atoms with van der Waals surface area (Å²) >= 11 is 6.32. The molecule has 1 aromatic carbocycles. The van der Waals surface area contributed by atoms with Crippen molar-refractivity contribution in [3.8, 4) is 11.3 Å². The number of rotatable bonds is 2. The SMILES string of the molecule is Cn1ncc(C(=O)N2[C@@H]3CCC[C@H]2c2nn(C)c(-c4ccccc4)c2C3)c1Cl. The van der Waals surface area contributed by atoms with Crippen molar-refractivity contribution in [3.05, 3.63) is 58.5 Å². The number of halogens is 1. The molecule has 1 saturated heterocycles. The first-order valence-corrected chi connectivity index (χ1v) is 10.1. The minimum atomic E-state index is -0.0367. The van der Waals surface area contributed by atoms with Gasteiger partial charge in [0.05, 0.1) is 29.2 Å². The number of benzene rings is 1. The minimum absolute atomic E-state index is 0.00469. The lowest BCUT2D eigenvalue weighted by molar-refractivity contribution is 0.0392. The summed E-state index contributed by atoms with van der Waals surface area (Å²) in [5, 5.41) is 9.41. The Morgan fingerprint density at radius 2 is 1.93 bits per heavy atom. The van der Waals surface area contributed by atoms with E-state index in [1.54, 1.807) is 13.2 Å². The third kappa shape index (κ3) is 2.51. The summed E-state index contributed by atoms with van der Waals surface area (Å²) in [6.07, 6.45) is 5.44. The number of aryl methyl sites for hydroxylation is 2. The van der Waals surface area contributed by atoms with E-state index in [1.807, 2.05) is 22.7 Å². The van der Waals surface area contributed by atoms with Gasteiger partial charge in [-0.15, -0.1) is 0 Å². The van der Waals surface area contributed by atoms with Gasteiger partial charge < -0.3 is 4.90 Å². The molecule has 0 spiro atoms. The number of carbonyl (C=O) groups is 1. The van der Waals surface area contributed by atoms with Crippen LogP contribution in [0.15, 0.2) is 36.5 Å². The van der Waals surface area contributed by atoms with Crippen molar-refractivity contribution in [1.29, 1.82) is 0 Å². The molecule has 0 radical (unpaired) electrons. The number of hydrogen-bond donors (Lipinski definition) is 0. The van der Waals surface area contributed by atoms with Crippen LogP contribution in [0.5, 0.6) is 0 Å². The lowest BCUT2D eigenvalue weighted by Gasteiger charge is -2.45. The van der Waals surface area contributed by atoms with Gasteiger partial charge >= 0.3 is 0 Å². The van der Waals surface area contributed by atoms with E-state index in [0.717, 1.165) is 31.4 Å². The van der Waals surface area contributed by atoms with Gasteiger partial charge in [-0.2, -0.15) is 10.2 Å². The monoisotopic (exact) mass is 395 g/mol. The standard InChI is InChI=1S/C21H22ClN5O/c1-25-19(13-7-4-3-5-8-13)15-11-14-9-6-10-17(18(15)24-25)27(14)21(28)16-12-23-26(2)20(16)22/h3-5,7-8,12,14,17H,6,9-11H2,1-2H3/t14-,17+/m1/s1. The molecule has 1 fully saturated rings. The Labute approximate surface area is 168 Å². The molecule has 144 valence electrons.